The van der Waals surface area contributed by atoms with Gasteiger partial charge < -0.3 is 9.84 Å². The summed E-state index contributed by atoms with van der Waals surface area (Å²) < 4.78 is 40.8. The molecule has 0 radical (unpaired) electrons. The number of aliphatic hydroxyl groups is 1. The molecule has 14 heavy (non-hydrogen) atoms. The van der Waals surface area contributed by atoms with E-state index in [0.717, 1.165) is 13.3 Å². The zero-order valence-corrected chi connectivity index (χ0v) is 7.12. The molecule has 1 atom stereocenters. The first-order valence-corrected chi connectivity index (χ1v) is 3.56. The van der Waals surface area contributed by atoms with Gasteiger partial charge in [-0.25, -0.2) is 4.98 Å². The molecule has 0 amide bonds. The minimum Gasteiger partial charge on any atom is -0.480 e. The van der Waals surface area contributed by atoms with Crippen molar-refractivity contribution in [1.82, 2.24) is 9.97 Å². The Morgan fingerprint density at radius 3 is 2.43 bits per heavy atom. The van der Waals surface area contributed by atoms with Crippen LogP contribution in [0.15, 0.2) is 12.4 Å². The molecular formula is C7H7F3N2O2. The van der Waals surface area contributed by atoms with E-state index < -0.39 is 18.0 Å². The van der Waals surface area contributed by atoms with E-state index in [9.17, 15) is 13.2 Å². The fourth-order valence-corrected chi connectivity index (χ4v) is 0.836. The van der Waals surface area contributed by atoms with Crippen molar-refractivity contribution >= 4 is 0 Å². The number of hydrogen-bond acceptors (Lipinski definition) is 4. The number of ether oxygens (including phenoxy) is 1. The molecule has 0 spiro atoms. The van der Waals surface area contributed by atoms with Gasteiger partial charge in [-0.15, -0.1) is 0 Å². The lowest BCUT2D eigenvalue weighted by molar-refractivity contribution is -0.208. The van der Waals surface area contributed by atoms with E-state index in [1.54, 1.807) is 0 Å². The topological polar surface area (TPSA) is 55.2 Å². The lowest BCUT2D eigenvalue weighted by atomic mass is 10.2. The Morgan fingerprint density at radius 2 is 1.93 bits per heavy atom. The van der Waals surface area contributed by atoms with Gasteiger partial charge in [-0.05, 0) is 0 Å². The Hall–Kier alpha value is -1.37. The maximum Gasteiger partial charge on any atom is 0.420 e. The van der Waals surface area contributed by atoms with Gasteiger partial charge in [-0.3, -0.25) is 4.98 Å². The van der Waals surface area contributed by atoms with Crippen LogP contribution < -0.4 is 4.74 Å². The van der Waals surface area contributed by atoms with E-state index >= 15 is 0 Å². The van der Waals surface area contributed by atoms with E-state index in [1.807, 2.05) is 0 Å². The lowest BCUT2D eigenvalue weighted by Gasteiger charge is -2.14. The van der Waals surface area contributed by atoms with Gasteiger partial charge in [0.05, 0.1) is 7.11 Å². The van der Waals surface area contributed by atoms with Crippen molar-refractivity contribution < 1.29 is 23.0 Å². The number of rotatable bonds is 2. The number of alkyl halides is 3. The number of halogens is 3. The molecular weight excluding hydrogens is 201 g/mol. The smallest absolute Gasteiger partial charge is 0.420 e. The van der Waals surface area contributed by atoms with Crippen LogP contribution in [0.2, 0.25) is 0 Å². The van der Waals surface area contributed by atoms with Crippen LogP contribution in [0, 0.1) is 0 Å². The minimum absolute atomic E-state index is 0.336. The monoisotopic (exact) mass is 208 g/mol. The van der Waals surface area contributed by atoms with Crippen LogP contribution in [0.3, 0.4) is 0 Å². The summed E-state index contributed by atoms with van der Waals surface area (Å²) in [5, 5.41) is 8.86. The van der Waals surface area contributed by atoms with Crippen molar-refractivity contribution in [3.8, 4) is 5.88 Å². The Morgan fingerprint density at radius 1 is 1.36 bits per heavy atom. The molecule has 0 aliphatic rings. The summed E-state index contributed by atoms with van der Waals surface area (Å²) in [4.78, 5) is 6.85. The number of aromatic nitrogens is 2. The van der Waals surface area contributed by atoms with Crippen LogP contribution in [-0.2, 0) is 0 Å². The van der Waals surface area contributed by atoms with Gasteiger partial charge >= 0.3 is 6.18 Å². The third kappa shape index (κ3) is 2.11. The molecule has 1 aromatic rings. The first-order chi connectivity index (χ1) is 6.46. The highest BCUT2D eigenvalue weighted by Gasteiger charge is 2.42. The van der Waals surface area contributed by atoms with Crippen molar-refractivity contribution in [2.24, 2.45) is 0 Å². The highest BCUT2D eigenvalue weighted by Crippen LogP contribution is 2.34. The second-order valence-electron chi connectivity index (χ2n) is 2.40. The molecule has 0 saturated carbocycles. The van der Waals surface area contributed by atoms with Crippen molar-refractivity contribution in [3.05, 3.63) is 18.1 Å². The van der Waals surface area contributed by atoms with Gasteiger partial charge in [-0.2, -0.15) is 13.2 Å². The molecule has 0 aliphatic carbocycles. The predicted octanol–water partition coefficient (Wildman–Crippen LogP) is 1.08. The Kier molecular flexibility index (Phi) is 2.90. The van der Waals surface area contributed by atoms with Gasteiger partial charge in [0, 0.05) is 12.4 Å². The molecule has 1 aromatic heterocycles. The third-order valence-electron chi connectivity index (χ3n) is 1.45. The molecule has 1 rings (SSSR count). The molecule has 7 heteroatoms. The van der Waals surface area contributed by atoms with Crippen molar-refractivity contribution in [2.75, 3.05) is 7.11 Å². The third-order valence-corrected chi connectivity index (χ3v) is 1.45. The summed E-state index contributed by atoms with van der Waals surface area (Å²) >= 11 is 0. The van der Waals surface area contributed by atoms with Crippen LogP contribution in [0.4, 0.5) is 13.2 Å². The number of hydrogen-bond donors (Lipinski definition) is 1. The molecule has 0 aliphatic heterocycles. The zero-order chi connectivity index (χ0) is 10.8. The van der Waals surface area contributed by atoms with Crippen LogP contribution in [0.25, 0.3) is 0 Å². The molecule has 1 heterocycles. The molecule has 0 saturated heterocycles. The summed E-state index contributed by atoms with van der Waals surface area (Å²) in [7, 11) is 1.15. The second-order valence-corrected chi connectivity index (χ2v) is 2.40. The van der Waals surface area contributed by atoms with Crippen LogP contribution in [0.1, 0.15) is 11.8 Å². The summed E-state index contributed by atoms with van der Waals surface area (Å²) in [5.41, 5.74) is -0.637. The average Bonchev–Trinajstić information content (AvgIpc) is 2.15. The van der Waals surface area contributed by atoms with E-state index in [4.69, 9.17) is 5.11 Å². The van der Waals surface area contributed by atoms with E-state index in [1.165, 1.54) is 6.20 Å². The second kappa shape index (κ2) is 3.79. The fourth-order valence-electron chi connectivity index (χ4n) is 0.836. The van der Waals surface area contributed by atoms with Gasteiger partial charge in [0.15, 0.2) is 6.10 Å². The number of methoxy groups -OCH3 is 1. The SMILES string of the molecule is COc1nccnc1C(O)C(F)(F)F. The van der Waals surface area contributed by atoms with E-state index in [-0.39, 0.29) is 5.88 Å². The molecule has 4 nitrogen and oxygen atoms in total. The Labute approximate surface area is 77.4 Å². The first kappa shape index (κ1) is 10.7. The molecule has 0 bridgehead atoms. The Bertz CT molecular complexity index is 316. The summed E-state index contributed by atoms with van der Waals surface area (Å²) in [6, 6.07) is 0. The van der Waals surface area contributed by atoms with Crippen molar-refractivity contribution in [2.45, 2.75) is 12.3 Å². The first-order valence-electron chi connectivity index (χ1n) is 3.56. The molecule has 0 aromatic carbocycles. The normalized spacial score (nSPS) is 13.8. The van der Waals surface area contributed by atoms with E-state index in [0.29, 0.717) is 0 Å². The van der Waals surface area contributed by atoms with E-state index in [2.05, 4.69) is 14.7 Å². The largest absolute Gasteiger partial charge is 0.480 e. The highest BCUT2D eigenvalue weighted by molar-refractivity contribution is 5.20. The van der Waals surface area contributed by atoms with Crippen LogP contribution >= 0.6 is 0 Å². The van der Waals surface area contributed by atoms with Crippen LogP contribution in [-0.4, -0.2) is 28.4 Å². The average molecular weight is 208 g/mol. The van der Waals surface area contributed by atoms with Gasteiger partial charge in [0.25, 0.3) is 0 Å². The van der Waals surface area contributed by atoms with Gasteiger partial charge in [0.1, 0.15) is 5.69 Å². The highest BCUT2D eigenvalue weighted by atomic mass is 19.4. The van der Waals surface area contributed by atoms with Crippen molar-refractivity contribution in [1.29, 1.82) is 0 Å². The summed E-state index contributed by atoms with van der Waals surface area (Å²) in [5.74, 6) is -0.336. The zero-order valence-electron chi connectivity index (χ0n) is 7.12. The fraction of sp³-hybridized carbons (Fsp3) is 0.429. The molecule has 78 valence electrons. The molecule has 0 fully saturated rings. The quantitative estimate of drug-likeness (QED) is 0.790. The van der Waals surface area contributed by atoms with Gasteiger partial charge in [0.2, 0.25) is 5.88 Å². The van der Waals surface area contributed by atoms with Crippen molar-refractivity contribution in [3.63, 3.8) is 0 Å². The predicted molar refractivity (Wildman–Crippen MR) is 39.6 cm³/mol. The minimum atomic E-state index is -4.77. The van der Waals surface area contributed by atoms with Gasteiger partial charge in [-0.1, -0.05) is 0 Å². The number of nitrogens with zero attached hydrogens (tertiary/aromatic N) is 2. The molecule has 1 N–H and O–H groups in total. The summed E-state index contributed by atoms with van der Waals surface area (Å²) in [6.45, 7) is 0. The lowest BCUT2D eigenvalue weighted by Crippen LogP contribution is -2.22. The maximum absolute atomic E-state index is 12.1. The maximum atomic E-state index is 12.1. The van der Waals surface area contributed by atoms with Crippen LogP contribution in [0.5, 0.6) is 5.88 Å². The summed E-state index contributed by atoms with van der Waals surface area (Å²) in [6.07, 6.45) is -5.23. The molecule has 1 unspecified atom stereocenters. The number of aliphatic hydroxyl groups excluding tert-OH is 1. The Balaban J connectivity index is 3.06. The standard InChI is InChI=1S/C7H7F3N2O2/c1-14-6-4(11-2-3-12-6)5(13)7(8,9)10/h2-3,5,13H,1H3.